The fourth-order valence-corrected chi connectivity index (χ4v) is 2.32. The van der Waals surface area contributed by atoms with Crippen molar-refractivity contribution in [3.63, 3.8) is 0 Å². The Bertz CT molecular complexity index is 605. The molecule has 1 aromatic rings. The van der Waals surface area contributed by atoms with Crippen molar-refractivity contribution >= 4 is 28.9 Å². The van der Waals surface area contributed by atoms with Gasteiger partial charge in [0.25, 0.3) is 0 Å². The lowest BCUT2D eigenvalue weighted by Crippen LogP contribution is -2.54. The molecule has 0 saturated carbocycles. The molecule has 2 rings (SSSR count). The van der Waals surface area contributed by atoms with Crippen LogP contribution in [0.2, 0.25) is 0 Å². The zero-order chi connectivity index (χ0) is 16.3. The van der Waals surface area contributed by atoms with Crippen molar-refractivity contribution < 1.29 is 9.23 Å². The topological polar surface area (TPSA) is 89.2 Å². The molecule has 0 aliphatic carbocycles. The molecule has 6 nitrogen and oxygen atoms in total. The number of benzene rings is 1. The van der Waals surface area contributed by atoms with Crippen LogP contribution in [0.5, 0.6) is 0 Å². The molecule has 23 heavy (non-hydrogen) atoms. The van der Waals surface area contributed by atoms with Crippen LogP contribution in [0.15, 0.2) is 34.3 Å². The Morgan fingerprint density at radius 1 is 1.30 bits per heavy atom. The average Bonchev–Trinajstić information content (AvgIpc) is 2.39. The first-order valence-electron chi connectivity index (χ1n) is 7.15. The number of guanidine groups is 2. The Hall–Kier alpha value is -1.67. The zero-order valence-corrected chi connectivity index (χ0v) is 15.2. The lowest BCUT2D eigenvalue weighted by Gasteiger charge is -2.37. The molecule has 1 unspecified atom stereocenters. The predicted molar refractivity (Wildman–Crippen MR) is 94.7 cm³/mol. The van der Waals surface area contributed by atoms with Gasteiger partial charge in [-0.05, 0) is 37.8 Å². The van der Waals surface area contributed by atoms with Gasteiger partial charge in [-0.3, -0.25) is 4.84 Å². The summed E-state index contributed by atoms with van der Waals surface area (Å²) in [5.74, 6) is 0.187. The summed E-state index contributed by atoms with van der Waals surface area (Å²) in [5, 5.41) is 1.43. The first-order chi connectivity index (χ1) is 10.3. The molecule has 128 valence electrons. The SMILES string of the molecule is Br.CC(CON1C(N)=NC(N)=NC1(C)C)Cc1ccccc1F. The Morgan fingerprint density at radius 2 is 1.96 bits per heavy atom. The molecular formula is C15H23BrFN5O. The summed E-state index contributed by atoms with van der Waals surface area (Å²) in [6, 6.07) is 6.73. The van der Waals surface area contributed by atoms with E-state index in [2.05, 4.69) is 9.98 Å². The number of hydrogen-bond donors (Lipinski definition) is 2. The third-order valence-electron chi connectivity index (χ3n) is 3.34. The molecule has 8 heteroatoms. The first kappa shape index (κ1) is 19.4. The maximum absolute atomic E-state index is 13.7. The molecule has 1 aliphatic heterocycles. The van der Waals surface area contributed by atoms with Gasteiger partial charge >= 0.3 is 0 Å². The second kappa shape index (κ2) is 7.74. The van der Waals surface area contributed by atoms with E-state index in [1.54, 1.807) is 12.1 Å². The van der Waals surface area contributed by atoms with Crippen molar-refractivity contribution in [1.82, 2.24) is 5.06 Å². The van der Waals surface area contributed by atoms with Crippen LogP contribution < -0.4 is 11.5 Å². The summed E-state index contributed by atoms with van der Waals surface area (Å²) < 4.78 is 13.7. The lowest BCUT2D eigenvalue weighted by atomic mass is 10.0. The van der Waals surface area contributed by atoms with E-state index < -0.39 is 5.66 Å². The largest absolute Gasteiger partial charge is 0.368 e. The van der Waals surface area contributed by atoms with Crippen LogP contribution in [0.3, 0.4) is 0 Å². The van der Waals surface area contributed by atoms with Gasteiger partial charge in [0.15, 0.2) is 5.66 Å². The average molecular weight is 388 g/mol. The number of halogens is 2. The summed E-state index contributed by atoms with van der Waals surface area (Å²) in [5.41, 5.74) is 11.4. The second-order valence-corrected chi connectivity index (χ2v) is 5.93. The summed E-state index contributed by atoms with van der Waals surface area (Å²) in [6.45, 7) is 5.99. The number of rotatable bonds is 5. The standard InChI is InChI=1S/C15H22FN5O.BrH/c1-10(8-11-6-4-5-7-12(11)16)9-22-21-14(18)19-13(17)20-15(21,2)3;/h4-7,10H,8-9H2,1-3H3,(H4,17,18,19,20);1H. The molecule has 4 N–H and O–H groups in total. The molecule has 0 bridgehead atoms. The quantitative estimate of drug-likeness (QED) is 0.809. The molecular weight excluding hydrogens is 365 g/mol. The van der Waals surface area contributed by atoms with Crippen molar-refractivity contribution in [2.45, 2.75) is 32.9 Å². The molecule has 0 saturated heterocycles. The fraction of sp³-hybridized carbons (Fsp3) is 0.467. The van der Waals surface area contributed by atoms with Crippen molar-refractivity contribution in [2.24, 2.45) is 27.4 Å². The van der Waals surface area contributed by atoms with Crippen molar-refractivity contribution in [1.29, 1.82) is 0 Å². The second-order valence-electron chi connectivity index (χ2n) is 5.93. The highest BCUT2D eigenvalue weighted by Gasteiger charge is 2.33. The van der Waals surface area contributed by atoms with E-state index in [1.807, 2.05) is 26.8 Å². The third kappa shape index (κ3) is 4.90. The van der Waals surface area contributed by atoms with Gasteiger partial charge in [0.05, 0.1) is 6.61 Å². The van der Waals surface area contributed by atoms with E-state index in [0.29, 0.717) is 18.6 Å². The van der Waals surface area contributed by atoms with Gasteiger partial charge in [0, 0.05) is 0 Å². The highest BCUT2D eigenvalue weighted by molar-refractivity contribution is 8.93. The minimum absolute atomic E-state index is 0. The van der Waals surface area contributed by atoms with E-state index in [9.17, 15) is 4.39 Å². The van der Waals surface area contributed by atoms with Crippen LogP contribution in [-0.4, -0.2) is 29.3 Å². The minimum atomic E-state index is -0.729. The van der Waals surface area contributed by atoms with Gasteiger partial charge in [-0.15, -0.1) is 17.0 Å². The van der Waals surface area contributed by atoms with Crippen molar-refractivity contribution in [3.05, 3.63) is 35.6 Å². The highest BCUT2D eigenvalue weighted by atomic mass is 79.9. The molecule has 0 spiro atoms. The van der Waals surface area contributed by atoms with Gasteiger partial charge in [-0.1, -0.05) is 25.1 Å². The number of hydroxylamine groups is 2. The molecule has 0 radical (unpaired) electrons. The molecule has 1 aliphatic rings. The molecule has 0 fully saturated rings. The number of aliphatic imine (C=N–C) groups is 2. The summed E-state index contributed by atoms with van der Waals surface area (Å²) in [7, 11) is 0. The molecule has 1 heterocycles. The van der Waals surface area contributed by atoms with E-state index in [-0.39, 0.29) is 40.6 Å². The number of hydrogen-bond acceptors (Lipinski definition) is 6. The van der Waals surface area contributed by atoms with Crippen LogP contribution in [0.4, 0.5) is 4.39 Å². The Kier molecular flexibility index (Phi) is 6.52. The fourth-order valence-electron chi connectivity index (χ4n) is 2.32. The lowest BCUT2D eigenvalue weighted by molar-refractivity contribution is -0.165. The minimum Gasteiger partial charge on any atom is -0.368 e. The van der Waals surface area contributed by atoms with Gasteiger partial charge in [0.2, 0.25) is 11.9 Å². The molecule has 1 atom stereocenters. The van der Waals surface area contributed by atoms with Crippen LogP contribution >= 0.6 is 17.0 Å². The van der Waals surface area contributed by atoms with Gasteiger partial charge in [0.1, 0.15) is 5.82 Å². The Balaban J connectivity index is 0.00000264. The summed E-state index contributed by atoms with van der Waals surface area (Å²) in [6.07, 6.45) is 0.573. The zero-order valence-electron chi connectivity index (χ0n) is 13.5. The predicted octanol–water partition coefficient (Wildman–Crippen LogP) is 2.19. The first-order valence-corrected chi connectivity index (χ1v) is 7.15. The highest BCUT2D eigenvalue weighted by Crippen LogP contribution is 2.21. The number of nitrogens with zero attached hydrogens (tertiary/aromatic N) is 3. The van der Waals surface area contributed by atoms with Crippen LogP contribution in [-0.2, 0) is 11.3 Å². The maximum Gasteiger partial charge on any atom is 0.226 e. The van der Waals surface area contributed by atoms with E-state index in [0.717, 1.165) is 0 Å². The maximum atomic E-state index is 13.7. The molecule has 0 amide bonds. The normalized spacial score (nSPS) is 17.8. The van der Waals surface area contributed by atoms with Crippen LogP contribution in [0.1, 0.15) is 26.3 Å². The molecule has 0 aromatic heterocycles. The summed E-state index contributed by atoms with van der Waals surface area (Å²) in [4.78, 5) is 13.8. The number of nitrogens with two attached hydrogens (primary N) is 2. The van der Waals surface area contributed by atoms with Gasteiger partial charge < -0.3 is 11.5 Å². The molecule has 1 aromatic carbocycles. The monoisotopic (exact) mass is 387 g/mol. The Morgan fingerprint density at radius 3 is 2.57 bits per heavy atom. The van der Waals surface area contributed by atoms with E-state index in [4.69, 9.17) is 16.3 Å². The van der Waals surface area contributed by atoms with E-state index >= 15 is 0 Å². The van der Waals surface area contributed by atoms with Gasteiger partial charge in [-0.2, -0.15) is 10.1 Å². The Labute approximate surface area is 146 Å². The van der Waals surface area contributed by atoms with Crippen LogP contribution in [0, 0.1) is 11.7 Å². The third-order valence-corrected chi connectivity index (χ3v) is 3.34. The van der Waals surface area contributed by atoms with Crippen molar-refractivity contribution in [3.8, 4) is 0 Å². The van der Waals surface area contributed by atoms with Crippen molar-refractivity contribution in [2.75, 3.05) is 6.61 Å². The van der Waals surface area contributed by atoms with Gasteiger partial charge in [-0.25, -0.2) is 9.38 Å². The summed E-state index contributed by atoms with van der Waals surface area (Å²) >= 11 is 0. The van der Waals surface area contributed by atoms with Crippen LogP contribution in [0.25, 0.3) is 0 Å². The van der Waals surface area contributed by atoms with E-state index in [1.165, 1.54) is 11.1 Å². The smallest absolute Gasteiger partial charge is 0.226 e.